The number of hydrogen-bond acceptors (Lipinski definition) is 16. The molecule has 82 heavy (non-hydrogen) atoms. The van der Waals surface area contributed by atoms with Crippen molar-refractivity contribution < 1.29 is 54.8 Å². The maximum Gasteiger partial charge on any atom is 0.495 e. The van der Waals surface area contributed by atoms with Crippen LogP contribution in [0.1, 0.15) is 118 Å². The summed E-state index contributed by atoms with van der Waals surface area (Å²) in [6.07, 6.45) is 1.68. The number of hydrogen-bond donors (Lipinski definition) is 2. The number of nitrogens with one attached hydrogen (secondary N) is 2. The Hall–Kier alpha value is -7.51. The average molecular weight is 1160 g/mol. The predicted molar refractivity (Wildman–Crippen MR) is 297 cm³/mol. The number of ether oxygens (including phenoxy) is 2. The third-order valence-corrected chi connectivity index (χ3v) is 14.6. The third-order valence-electron chi connectivity index (χ3n) is 14.4. The molecule has 0 bridgehead atoms. The van der Waals surface area contributed by atoms with Crippen LogP contribution in [0.25, 0.3) is 55.3 Å². The molecule has 0 aliphatic carbocycles. The van der Waals surface area contributed by atoms with Gasteiger partial charge in [0.1, 0.15) is 39.0 Å². The Morgan fingerprint density at radius 1 is 0.634 bits per heavy atom. The lowest BCUT2D eigenvalue weighted by atomic mass is 9.79. The summed E-state index contributed by atoms with van der Waals surface area (Å²) >= 11 is 5.78. The number of aromatic amines is 2. The van der Waals surface area contributed by atoms with E-state index in [4.69, 9.17) is 39.2 Å². The molecule has 0 spiro atoms. The van der Waals surface area contributed by atoms with Crippen molar-refractivity contribution in [2.75, 3.05) is 26.2 Å². The topological polar surface area (TPSA) is 247 Å². The van der Waals surface area contributed by atoms with Crippen LogP contribution in [-0.2, 0) is 30.1 Å². The quantitative estimate of drug-likeness (QED) is 0.0945. The Morgan fingerprint density at radius 2 is 1.06 bits per heavy atom. The molecule has 26 heteroatoms. The third kappa shape index (κ3) is 12.6. The van der Waals surface area contributed by atoms with Gasteiger partial charge in [0.15, 0.2) is 45.9 Å². The lowest BCUT2D eigenvalue weighted by Crippen LogP contribution is -2.46. The van der Waals surface area contributed by atoms with Crippen molar-refractivity contribution in [2.45, 2.75) is 143 Å². The summed E-state index contributed by atoms with van der Waals surface area (Å²) in [4.78, 5) is 82.3. The molecule has 2 N–H and O–H groups in total. The van der Waals surface area contributed by atoms with Crippen LogP contribution in [0.4, 0.5) is 27.2 Å². The first kappa shape index (κ1) is 59.1. The lowest BCUT2D eigenvalue weighted by molar-refractivity contribution is -0.000936. The maximum atomic E-state index is 15.8. The van der Waals surface area contributed by atoms with Gasteiger partial charge in [0.25, 0.3) is 11.1 Å². The summed E-state index contributed by atoms with van der Waals surface area (Å²) in [5, 5.41) is 0.606. The van der Waals surface area contributed by atoms with Gasteiger partial charge in [0, 0.05) is 71.3 Å². The minimum Gasteiger partial charge on any atom is -0.444 e. The first-order valence-corrected chi connectivity index (χ1v) is 26.9. The highest BCUT2D eigenvalue weighted by molar-refractivity contribution is 6.62. The number of carbonyl (C=O) groups excluding carboxylic acids is 2. The van der Waals surface area contributed by atoms with Crippen LogP contribution >= 0.6 is 11.6 Å². The molecule has 0 radical (unpaired) electrons. The van der Waals surface area contributed by atoms with Crippen LogP contribution in [0, 0.1) is 25.5 Å². The van der Waals surface area contributed by atoms with Crippen molar-refractivity contribution in [1.82, 2.24) is 49.7 Å². The summed E-state index contributed by atoms with van der Waals surface area (Å²) in [5.74, 6) is -0.390. The number of likely N-dealkylation sites (tertiary alicyclic amines) is 2. The number of aryl methyl sites for hydroxylation is 2. The number of nitrogens with zero attached hydrogens (tertiary/aromatic N) is 8. The number of aromatic nitrogens is 8. The summed E-state index contributed by atoms with van der Waals surface area (Å²) < 4.78 is 93.1. The summed E-state index contributed by atoms with van der Waals surface area (Å²) in [6, 6.07) is 8.85. The smallest absolute Gasteiger partial charge is 0.444 e. The number of halogens is 5. The van der Waals surface area contributed by atoms with Gasteiger partial charge in [-0.05, 0) is 111 Å². The average Bonchev–Trinajstić information content (AvgIpc) is 2.65. The van der Waals surface area contributed by atoms with Crippen LogP contribution in [0.5, 0.6) is 0 Å². The Morgan fingerprint density at radius 3 is 1.52 bits per heavy atom. The number of pyridine rings is 2. The molecular formula is C56H62BClF4N10O10. The highest BCUT2D eigenvalue weighted by atomic mass is 35.5. The lowest BCUT2D eigenvalue weighted by Gasteiger charge is -2.36. The highest BCUT2D eigenvalue weighted by Gasteiger charge is 2.52. The maximum absolute atomic E-state index is 15.8. The number of alkyl halides is 2. The van der Waals surface area contributed by atoms with Crippen molar-refractivity contribution >= 4 is 80.4 Å². The van der Waals surface area contributed by atoms with Gasteiger partial charge in [-0.15, -0.1) is 0 Å². The Labute approximate surface area is 472 Å². The molecule has 3 saturated heterocycles. The number of amides is 2. The number of H-pyrrole nitrogens is 2. The van der Waals surface area contributed by atoms with Crippen LogP contribution in [0.15, 0.2) is 67.2 Å². The number of rotatable bonds is 4. The standard InChI is InChI=1S/C25H25F2N5O4.C17H20ClFN4O3.C14H17BFNO3/c1-13-29-20-16(26)9-14(10-19(20)35-13)17-11-15-18(12-28-17)30-22(31-21(15)33)25(27)5-7-32(8-6-25)23(34)36-24(2,3)4;1-16(2,3)26-15(25)23-6-4-17(19,5-7-23)14-21-11-9-20-12(18)8-10(11)13(24)22-14;1-8-17-12-10(16)6-9(7-11(12)18-8)15-19-13(2,3)14(4,5)20-15/h9-12H,5-8H2,1-4H3,(H,30,31,33);8-9H,4-7H2,1-3H3,(H,21,22,24);6-7H,1-5H3. The van der Waals surface area contributed by atoms with Gasteiger partial charge in [-0.1, -0.05) is 11.6 Å². The molecule has 0 atom stereocenters. The van der Waals surface area contributed by atoms with Crippen LogP contribution < -0.4 is 16.6 Å². The van der Waals surface area contributed by atoms with E-state index in [1.54, 1.807) is 67.5 Å². The number of piperidine rings is 2. The number of benzene rings is 2. The molecule has 6 aromatic heterocycles. The van der Waals surface area contributed by atoms with Crippen molar-refractivity contribution in [3.63, 3.8) is 0 Å². The van der Waals surface area contributed by atoms with E-state index in [1.165, 1.54) is 46.5 Å². The fraction of sp³-hybridized carbons (Fsp3) is 0.464. The Kier molecular flexibility index (Phi) is 15.6. The molecule has 2 aromatic carbocycles. The van der Waals surface area contributed by atoms with Gasteiger partial charge in [-0.25, -0.2) is 52.1 Å². The molecule has 3 fully saturated rings. The molecule has 0 unspecified atom stereocenters. The zero-order valence-electron chi connectivity index (χ0n) is 47.4. The van der Waals surface area contributed by atoms with Gasteiger partial charge >= 0.3 is 19.3 Å². The Bertz CT molecular complexity index is 3880. The molecule has 0 saturated carbocycles. The predicted octanol–water partition coefficient (Wildman–Crippen LogP) is 10.5. The zero-order chi connectivity index (χ0) is 59.6. The van der Waals surface area contributed by atoms with Gasteiger partial charge in [-0.2, -0.15) is 0 Å². The van der Waals surface area contributed by atoms with E-state index in [0.29, 0.717) is 34.1 Å². The first-order chi connectivity index (χ1) is 38.2. The summed E-state index contributed by atoms with van der Waals surface area (Å²) in [6.45, 7) is 22.4. The molecule has 434 valence electrons. The normalized spacial score (nSPS) is 17.6. The van der Waals surface area contributed by atoms with E-state index in [1.807, 2.05) is 27.7 Å². The molecule has 9 heterocycles. The van der Waals surface area contributed by atoms with E-state index in [-0.39, 0.29) is 107 Å². The van der Waals surface area contributed by atoms with Gasteiger partial charge in [-0.3, -0.25) is 14.6 Å². The molecule has 3 aliphatic rings. The molecule has 3 aliphatic heterocycles. The van der Waals surface area contributed by atoms with E-state index < -0.39 is 75.8 Å². The number of oxazole rings is 2. The Balaban J connectivity index is 0.000000155. The van der Waals surface area contributed by atoms with Crippen molar-refractivity contribution in [2.24, 2.45) is 0 Å². The van der Waals surface area contributed by atoms with Gasteiger partial charge in [0.05, 0.1) is 51.1 Å². The largest absolute Gasteiger partial charge is 0.495 e. The molecule has 11 rings (SSSR count). The fourth-order valence-corrected chi connectivity index (χ4v) is 9.50. The minimum absolute atomic E-state index is 0.0156. The second-order valence-electron chi connectivity index (χ2n) is 23.5. The van der Waals surface area contributed by atoms with Gasteiger partial charge in [0.2, 0.25) is 0 Å². The van der Waals surface area contributed by atoms with Crippen molar-refractivity contribution in [3.05, 3.63) is 110 Å². The minimum atomic E-state index is -1.91. The van der Waals surface area contributed by atoms with Crippen molar-refractivity contribution in [1.29, 1.82) is 0 Å². The van der Waals surface area contributed by atoms with E-state index >= 15 is 8.78 Å². The first-order valence-electron chi connectivity index (χ1n) is 26.5. The summed E-state index contributed by atoms with van der Waals surface area (Å²) in [7, 11) is -0.607. The van der Waals surface area contributed by atoms with Crippen LogP contribution in [0.3, 0.4) is 0 Å². The van der Waals surface area contributed by atoms with E-state index in [0.717, 1.165) is 0 Å². The van der Waals surface area contributed by atoms with Crippen LogP contribution in [-0.4, -0.2) is 118 Å². The molecular weight excluding hydrogens is 1090 g/mol. The molecule has 8 aromatic rings. The zero-order valence-corrected chi connectivity index (χ0v) is 48.2. The second-order valence-corrected chi connectivity index (χ2v) is 23.9. The second kappa shape index (κ2) is 21.7. The van der Waals surface area contributed by atoms with E-state index in [9.17, 15) is 28.0 Å². The fourth-order valence-electron chi connectivity index (χ4n) is 9.34. The summed E-state index contributed by atoms with van der Waals surface area (Å²) in [5.41, 5.74) is -4.07. The number of carbonyl (C=O) groups is 2. The monoisotopic (exact) mass is 1160 g/mol. The van der Waals surface area contributed by atoms with Crippen LogP contribution in [0.2, 0.25) is 5.15 Å². The van der Waals surface area contributed by atoms with E-state index in [2.05, 4.69) is 39.9 Å². The van der Waals surface area contributed by atoms with Gasteiger partial charge < -0.3 is 47.4 Å². The number of fused-ring (bicyclic) bond motifs is 4. The van der Waals surface area contributed by atoms with Crippen molar-refractivity contribution in [3.8, 4) is 11.3 Å². The SMILES string of the molecule is CC(C)(C)OC(=O)N1CCC(F)(c2nc3cnc(Cl)cc3c(=O)[nH]2)CC1.Cc1nc2c(F)cc(-c3cc4c(=O)[nH]c(C5(F)CCN(C(=O)OC(C)(C)C)CC5)nc4cn3)cc2o1.Cc1nc2c(F)cc(B3OC(C)(C)C(C)(C)O3)cc2o1. The highest BCUT2D eigenvalue weighted by Crippen LogP contribution is 2.39. The molecule has 2 amide bonds. The molecule has 20 nitrogen and oxygen atoms in total.